The summed E-state index contributed by atoms with van der Waals surface area (Å²) in [7, 11) is 0. The summed E-state index contributed by atoms with van der Waals surface area (Å²) in [4.78, 5) is 0. The Morgan fingerprint density at radius 3 is 2.89 bits per heavy atom. The zero-order valence-corrected chi connectivity index (χ0v) is 6.96. The fraction of sp³-hybridized carbons (Fsp3) is 0.500. The van der Waals surface area contributed by atoms with Crippen LogP contribution in [0.4, 0.5) is 0 Å². The Morgan fingerprint density at radius 2 is 2.44 bits per heavy atom. The molecule has 1 aromatic heterocycles. The van der Waals surface area contributed by atoms with Crippen LogP contribution in [0, 0.1) is 3.57 Å². The molecule has 1 saturated carbocycles. The summed E-state index contributed by atoms with van der Waals surface area (Å²) in [5.74, 6) is 0.718. The fourth-order valence-corrected chi connectivity index (χ4v) is 1.51. The van der Waals surface area contributed by atoms with Gasteiger partial charge in [-0.25, -0.2) is 0 Å². The van der Waals surface area contributed by atoms with E-state index in [1.807, 2.05) is 0 Å². The summed E-state index contributed by atoms with van der Waals surface area (Å²) in [6.07, 6.45) is 4.29. The summed E-state index contributed by atoms with van der Waals surface area (Å²) in [6, 6.07) is 0. The van der Waals surface area contributed by atoms with Crippen molar-refractivity contribution in [1.29, 1.82) is 0 Å². The van der Waals surface area contributed by atoms with E-state index in [-0.39, 0.29) is 0 Å². The van der Waals surface area contributed by atoms with E-state index in [1.54, 1.807) is 6.26 Å². The molecule has 1 heterocycles. The highest BCUT2D eigenvalue weighted by atomic mass is 127. The first kappa shape index (κ1) is 5.70. The molecule has 0 radical (unpaired) electrons. The minimum Gasteiger partial charge on any atom is -0.363 e. The highest BCUT2D eigenvalue weighted by molar-refractivity contribution is 14.1. The van der Waals surface area contributed by atoms with Crippen molar-refractivity contribution in [2.45, 2.75) is 18.8 Å². The van der Waals surface area contributed by atoms with E-state index in [4.69, 9.17) is 4.52 Å². The molecule has 2 nitrogen and oxygen atoms in total. The van der Waals surface area contributed by atoms with Gasteiger partial charge in [-0.15, -0.1) is 0 Å². The molecular formula is C6H6INO. The fourth-order valence-electron chi connectivity index (χ4n) is 0.860. The van der Waals surface area contributed by atoms with Gasteiger partial charge in [0, 0.05) is 5.92 Å². The number of nitrogens with zero attached hydrogens (tertiary/aromatic N) is 1. The van der Waals surface area contributed by atoms with Crippen molar-refractivity contribution in [3.05, 3.63) is 15.5 Å². The Kier molecular flexibility index (Phi) is 1.25. The molecule has 0 aromatic carbocycles. The van der Waals surface area contributed by atoms with Crippen molar-refractivity contribution in [3.63, 3.8) is 0 Å². The third kappa shape index (κ3) is 0.976. The first-order chi connectivity index (χ1) is 4.38. The van der Waals surface area contributed by atoms with E-state index in [1.165, 1.54) is 16.4 Å². The van der Waals surface area contributed by atoms with Gasteiger partial charge in [-0.3, -0.25) is 0 Å². The smallest absolute Gasteiger partial charge is 0.137 e. The van der Waals surface area contributed by atoms with Gasteiger partial charge in [-0.05, 0) is 35.4 Å². The van der Waals surface area contributed by atoms with Crippen molar-refractivity contribution < 1.29 is 4.52 Å². The minimum absolute atomic E-state index is 0.718. The maximum Gasteiger partial charge on any atom is 0.137 e. The van der Waals surface area contributed by atoms with Gasteiger partial charge >= 0.3 is 0 Å². The van der Waals surface area contributed by atoms with Crippen LogP contribution in [0.2, 0.25) is 0 Å². The topological polar surface area (TPSA) is 26.0 Å². The summed E-state index contributed by atoms with van der Waals surface area (Å²) in [6.45, 7) is 0. The zero-order valence-electron chi connectivity index (χ0n) is 4.80. The molecule has 2 rings (SSSR count). The molecule has 0 amide bonds. The monoisotopic (exact) mass is 235 g/mol. The van der Waals surface area contributed by atoms with Crippen molar-refractivity contribution in [2.24, 2.45) is 0 Å². The van der Waals surface area contributed by atoms with E-state index in [2.05, 4.69) is 27.7 Å². The van der Waals surface area contributed by atoms with Crippen LogP contribution in [0.15, 0.2) is 10.8 Å². The maximum absolute atomic E-state index is 4.79. The third-order valence-electron chi connectivity index (χ3n) is 1.52. The average Bonchev–Trinajstić information content (AvgIpc) is 2.58. The number of rotatable bonds is 1. The van der Waals surface area contributed by atoms with E-state index in [0.29, 0.717) is 0 Å². The van der Waals surface area contributed by atoms with Gasteiger partial charge in [0.15, 0.2) is 0 Å². The van der Waals surface area contributed by atoms with Gasteiger partial charge in [0.2, 0.25) is 0 Å². The SMILES string of the molecule is Ic1conc1C1CC1. The number of aromatic nitrogens is 1. The Hall–Kier alpha value is -0.0600. The van der Waals surface area contributed by atoms with Crippen LogP contribution in [-0.2, 0) is 0 Å². The minimum atomic E-state index is 0.718. The molecule has 0 unspecified atom stereocenters. The second-order valence-electron chi connectivity index (χ2n) is 2.32. The third-order valence-corrected chi connectivity index (χ3v) is 2.32. The predicted octanol–water partition coefficient (Wildman–Crippen LogP) is 2.16. The number of hydrogen-bond donors (Lipinski definition) is 0. The average molecular weight is 235 g/mol. The quantitative estimate of drug-likeness (QED) is 0.697. The number of hydrogen-bond acceptors (Lipinski definition) is 2. The molecule has 0 atom stereocenters. The molecule has 0 N–H and O–H groups in total. The molecular weight excluding hydrogens is 229 g/mol. The lowest BCUT2D eigenvalue weighted by Gasteiger charge is -1.84. The summed E-state index contributed by atoms with van der Waals surface area (Å²) in [5.41, 5.74) is 1.16. The van der Waals surface area contributed by atoms with Crippen LogP contribution in [0.1, 0.15) is 24.5 Å². The second-order valence-corrected chi connectivity index (χ2v) is 3.48. The van der Waals surface area contributed by atoms with Crippen LogP contribution in [0.5, 0.6) is 0 Å². The van der Waals surface area contributed by atoms with Gasteiger partial charge in [0.25, 0.3) is 0 Å². The zero-order chi connectivity index (χ0) is 6.27. The van der Waals surface area contributed by atoms with Crippen LogP contribution in [0.3, 0.4) is 0 Å². The molecule has 1 aromatic rings. The van der Waals surface area contributed by atoms with Gasteiger partial charge in [-0.2, -0.15) is 0 Å². The molecule has 9 heavy (non-hydrogen) atoms. The van der Waals surface area contributed by atoms with Crippen LogP contribution >= 0.6 is 22.6 Å². The van der Waals surface area contributed by atoms with Gasteiger partial charge in [0.05, 0.1) is 9.26 Å². The first-order valence-corrected chi connectivity index (χ1v) is 4.05. The maximum atomic E-state index is 4.79. The predicted molar refractivity (Wildman–Crippen MR) is 41.2 cm³/mol. The molecule has 1 fully saturated rings. The molecule has 0 bridgehead atoms. The summed E-state index contributed by atoms with van der Waals surface area (Å²) < 4.78 is 5.97. The molecule has 3 heteroatoms. The Bertz CT molecular complexity index is 217. The normalized spacial score (nSPS) is 18.3. The van der Waals surface area contributed by atoms with E-state index >= 15 is 0 Å². The van der Waals surface area contributed by atoms with Gasteiger partial charge in [0.1, 0.15) is 6.26 Å². The Balaban J connectivity index is 2.35. The Morgan fingerprint density at radius 1 is 1.67 bits per heavy atom. The lowest BCUT2D eigenvalue weighted by Crippen LogP contribution is -1.79. The van der Waals surface area contributed by atoms with Gasteiger partial charge < -0.3 is 4.52 Å². The molecule has 0 saturated heterocycles. The van der Waals surface area contributed by atoms with Crippen LogP contribution < -0.4 is 0 Å². The molecule has 0 spiro atoms. The highest BCUT2D eigenvalue weighted by Gasteiger charge is 2.28. The van der Waals surface area contributed by atoms with E-state index < -0.39 is 0 Å². The van der Waals surface area contributed by atoms with Crippen LogP contribution in [0.25, 0.3) is 0 Å². The van der Waals surface area contributed by atoms with Crippen molar-refractivity contribution in [2.75, 3.05) is 0 Å². The summed E-state index contributed by atoms with van der Waals surface area (Å²) >= 11 is 2.25. The molecule has 1 aliphatic rings. The first-order valence-electron chi connectivity index (χ1n) is 2.97. The van der Waals surface area contributed by atoms with Crippen molar-refractivity contribution in [1.82, 2.24) is 5.16 Å². The van der Waals surface area contributed by atoms with E-state index in [0.717, 1.165) is 11.6 Å². The Labute approximate surface area is 66.7 Å². The lowest BCUT2D eigenvalue weighted by molar-refractivity contribution is 0.411. The standard InChI is InChI=1S/C6H6INO/c7-5-3-9-8-6(5)4-1-2-4/h3-4H,1-2H2. The molecule has 48 valence electrons. The summed E-state index contributed by atoms with van der Waals surface area (Å²) in [5, 5.41) is 3.90. The molecule has 1 aliphatic carbocycles. The van der Waals surface area contributed by atoms with Gasteiger partial charge in [-0.1, -0.05) is 5.16 Å². The van der Waals surface area contributed by atoms with Crippen LogP contribution in [-0.4, -0.2) is 5.16 Å². The van der Waals surface area contributed by atoms with E-state index in [9.17, 15) is 0 Å². The van der Waals surface area contributed by atoms with Crippen molar-refractivity contribution >= 4 is 22.6 Å². The number of halogens is 1. The molecule has 0 aliphatic heterocycles. The highest BCUT2D eigenvalue weighted by Crippen LogP contribution is 2.40. The lowest BCUT2D eigenvalue weighted by atomic mass is 10.3. The second kappa shape index (κ2) is 1.97. The largest absolute Gasteiger partial charge is 0.363 e. The van der Waals surface area contributed by atoms with Crippen molar-refractivity contribution in [3.8, 4) is 0 Å².